The Kier molecular flexibility index (Phi) is 2.24. The number of benzene rings is 1. The van der Waals surface area contributed by atoms with E-state index in [2.05, 4.69) is 0 Å². The van der Waals surface area contributed by atoms with E-state index in [1.807, 2.05) is 0 Å². The minimum atomic E-state index is -1.41. The van der Waals surface area contributed by atoms with Crippen molar-refractivity contribution in [2.45, 2.75) is 0 Å². The second-order valence-corrected chi connectivity index (χ2v) is 2.56. The molecular formula is C7H7N3O4. The first-order chi connectivity index (χ1) is 6.43. The van der Waals surface area contributed by atoms with E-state index in [0.717, 1.165) is 12.1 Å². The van der Waals surface area contributed by atoms with Crippen molar-refractivity contribution in [2.24, 2.45) is 0 Å². The van der Waals surface area contributed by atoms with Crippen LogP contribution in [0.25, 0.3) is 0 Å². The van der Waals surface area contributed by atoms with Gasteiger partial charge in [-0.15, -0.1) is 0 Å². The van der Waals surface area contributed by atoms with E-state index >= 15 is 0 Å². The van der Waals surface area contributed by atoms with Gasteiger partial charge < -0.3 is 16.6 Å². The van der Waals surface area contributed by atoms with Crippen LogP contribution >= 0.6 is 0 Å². The van der Waals surface area contributed by atoms with E-state index < -0.39 is 22.1 Å². The van der Waals surface area contributed by atoms with Gasteiger partial charge in [0.1, 0.15) is 5.56 Å². The SMILES string of the molecule is Nc1cc(C(=O)O)c([N+](=O)[O-])cc1N. The van der Waals surface area contributed by atoms with Gasteiger partial charge in [-0.25, -0.2) is 4.79 Å². The molecule has 0 bridgehead atoms. The first kappa shape index (κ1) is 9.78. The van der Waals surface area contributed by atoms with Crippen molar-refractivity contribution in [1.29, 1.82) is 0 Å². The Morgan fingerprint density at radius 3 is 2.29 bits per heavy atom. The summed E-state index contributed by atoms with van der Waals surface area (Å²) in [6, 6.07) is 1.90. The molecule has 1 rings (SSSR count). The summed E-state index contributed by atoms with van der Waals surface area (Å²) in [5, 5.41) is 19.1. The third-order valence-electron chi connectivity index (χ3n) is 1.63. The number of carboxylic acid groups (broad SMARTS) is 1. The van der Waals surface area contributed by atoms with E-state index in [1.165, 1.54) is 0 Å². The molecule has 0 aliphatic heterocycles. The number of nitro benzene ring substituents is 1. The molecule has 0 aliphatic rings. The number of nitrogens with two attached hydrogens (primary N) is 2. The highest BCUT2D eigenvalue weighted by Gasteiger charge is 2.21. The second kappa shape index (κ2) is 3.21. The van der Waals surface area contributed by atoms with E-state index in [9.17, 15) is 14.9 Å². The monoisotopic (exact) mass is 197 g/mol. The predicted octanol–water partition coefficient (Wildman–Crippen LogP) is 0.457. The van der Waals surface area contributed by atoms with Crippen LogP contribution in [-0.4, -0.2) is 16.0 Å². The molecule has 0 unspecified atom stereocenters. The van der Waals surface area contributed by atoms with E-state index in [-0.39, 0.29) is 11.4 Å². The lowest BCUT2D eigenvalue weighted by atomic mass is 10.1. The highest BCUT2D eigenvalue weighted by Crippen LogP contribution is 2.26. The van der Waals surface area contributed by atoms with Gasteiger partial charge in [0, 0.05) is 6.07 Å². The molecule has 14 heavy (non-hydrogen) atoms. The molecule has 0 saturated heterocycles. The number of hydrogen-bond acceptors (Lipinski definition) is 5. The third kappa shape index (κ3) is 1.56. The number of nitro groups is 1. The second-order valence-electron chi connectivity index (χ2n) is 2.56. The molecule has 0 aliphatic carbocycles. The Morgan fingerprint density at radius 1 is 1.36 bits per heavy atom. The zero-order chi connectivity index (χ0) is 10.9. The Hall–Kier alpha value is -2.31. The highest BCUT2D eigenvalue weighted by molar-refractivity contribution is 5.95. The first-order valence-corrected chi connectivity index (χ1v) is 3.50. The molecule has 1 aromatic rings. The van der Waals surface area contributed by atoms with Crippen LogP contribution < -0.4 is 11.5 Å². The average Bonchev–Trinajstić information content (AvgIpc) is 2.08. The summed E-state index contributed by atoms with van der Waals surface area (Å²) in [7, 11) is 0. The van der Waals surface area contributed by atoms with Crippen LogP contribution in [0.15, 0.2) is 12.1 Å². The number of hydrogen-bond donors (Lipinski definition) is 3. The number of rotatable bonds is 2. The van der Waals surface area contributed by atoms with Gasteiger partial charge in [-0.1, -0.05) is 0 Å². The van der Waals surface area contributed by atoms with Gasteiger partial charge >= 0.3 is 5.97 Å². The zero-order valence-corrected chi connectivity index (χ0v) is 6.93. The Labute approximate surface area is 78.1 Å². The van der Waals surface area contributed by atoms with Gasteiger partial charge in [0.05, 0.1) is 16.3 Å². The van der Waals surface area contributed by atoms with Gasteiger partial charge in [0.25, 0.3) is 5.69 Å². The third-order valence-corrected chi connectivity index (χ3v) is 1.63. The summed E-state index contributed by atoms with van der Waals surface area (Å²) < 4.78 is 0. The van der Waals surface area contributed by atoms with Crippen molar-refractivity contribution in [2.75, 3.05) is 11.5 Å². The number of carboxylic acids is 1. The summed E-state index contributed by atoms with van der Waals surface area (Å²) >= 11 is 0. The fourth-order valence-corrected chi connectivity index (χ4v) is 0.944. The van der Waals surface area contributed by atoms with Crippen LogP contribution in [0.3, 0.4) is 0 Å². The lowest BCUT2D eigenvalue weighted by Gasteiger charge is -2.02. The summed E-state index contributed by atoms with van der Waals surface area (Å²) in [5.74, 6) is -1.41. The largest absolute Gasteiger partial charge is 0.477 e. The first-order valence-electron chi connectivity index (χ1n) is 3.50. The van der Waals surface area contributed by atoms with Gasteiger partial charge in [0.15, 0.2) is 0 Å². The molecule has 0 aromatic heterocycles. The number of carbonyl (C=O) groups is 1. The van der Waals surface area contributed by atoms with Crippen LogP contribution in [0.4, 0.5) is 17.1 Å². The summed E-state index contributed by atoms with van der Waals surface area (Å²) in [6.07, 6.45) is 0. The molecule has 7 nitrogen and oxygen atoms in total. The minimum Gasteiger partial charge on any atom is -0.477 e. The Bertz CT molecular complexity index is 377. The van der Waals surface area contributed by atoms with Gasteiger partial charge in [-0.05, 0) is 6.07 Å². The maximum Gasteiger partial charge on any atom is 0.342 e. The molecule has 0 heterocycles. The van der Waals surface area contributed by atoms with Crippen LogP contribution in [0.1, 0.15) is 10.4 Å². The summed E-state index contributed by atoms with van der Waals surface area (Å²) in [6.45, 7) is 0. The smallest absolute Gasteiger partial charge is 0.342 e. The van der Waals surface area contributed by atoms with Gasteiger partial charge in [-0.3, -0.25) is 10.1 Å². The number of anilines is 2. The number of aromatic carboxylic acids is 1. The quantitative estimate of drug-likeness (QED) is 0.358. The van der Waals surface area contributed by atoms with Crippen molar-refractivity contribution in [3.63, 3.8) is 0 Å². The number of nitrogen functional groups attached to an aromatic ring is 2. The van der Waals surface area contributed by atoms with Gasteiger partial charge in [-0.2, -0.15) is 0 Å². The molecule has 0 saturated carbocycles. The van der Waals surface area contributed by atoms with Crippen LogP contribution in [0, 0.1) is 10.1 Å². The Morgan fingerprint density at radius 2 is 1.86 bits per heavy atom. The fraction of sp³-hybridized carbons (Fsp3) is 0. The van der Waals surface area contributed by atoms with E-state index in [4.69, 9.17) is 16.6 Å². The predicted molar refractivity (Wildman–Crippen MR) is 48.9 cm³/mol. The van der Waals surface area contributed by atoms with Crippen LogP contribution in [-0.2, 0) is 0 Å². The molecule has 0 spiro atoms. The van der Waals surface area contributed by atoms with Crippen molar-refractivity contribution >= 4 is 23.0 Å². The topological polar surface area (TPSA) is 132 Å². The lowest BCUT2D eigenvalue weighted by Crippen LogP contribution is -2.06. The average molecular weight is 197 g/mol. The molecule has 74 valence electrons. The molecule has 1 aromatic carbocycles. The maximum atomic E-state index is 10.6. The van der Waals surface area contributed by atoms with Gasteiger partial charge in [0.2, 0.25) is 0 Å². The normalized spacial score (nSPS) is 9.71. The van der Waals surface area contributed by atoms with Crippen LogP contribution in [0.2, 0.25) is 0 Å². The molecular weight excluding hydrogens is 190 g/mol. The molecule has 0 amide bonds. The zero-order valence-electron chi connectivity index (χ0n) is 6.93. The minimum absolute atomic E-state index is 0.00741. The van der Waals surface area contributed by atoms with E-state index in [0.29, 0.717) is 0 Å². The number of nitrogens with zero attached hydrogens (tertiary/aromatic N) is 1. The van der Waals surface area contributed by atoms with Crippen LogP contribution in [0.5, 0.6) is 0 Å². The lowest BCUT2D eigenvalue weighted by molar-refractivity contribution is -0.385. The molecule has 5 N–H and O–H groups in total. The maximum absolute atomic E-state index is 10.6. The molecule has 0 fully saturated rings. The van der Waals surface area contributed by atoms with E-state index in [1.54, 1.807) is 0 Å². The van der Waals surface area contributed by atoms with Crippen molar-refractivity contribution in [3.8, 4) is 0 Å². The molecule has 0 radical (unpaired) electrons. The standard InChI is InChI=1S/C7H7N3O4/c8-4-1-3(7(11)12)6(10(13)14)2-5(4)9/h1-2H,8-9H2,(H,11,12). The Balaban J connectivity index is 3.46. The summed E-state index contributed by atoms with van der Waals surface area (Å²) in [4.78, 5) is 20.2. The highest BCUT2D eigenvalue weighted by atomic mass is 16.6. The fourth-order valence-electron chi connectivity index (χ4n) is 0.944. The summed E-state index contributed by atoms with van der Waals surface area (Å²) in [5.41, 5.74) is 9.58. The molecule has 0 atom stereocenters. The molecule has 7 heteroatoms. The van der Waals surface area contributed by atoms with Crippen molar-refractivity contribution in [1.82, 2.24) is 0 Å². The van der Waals surface area contributed by atoms with Crippen molar-refractivity contribution < 1.29 is 14.8 Å². The van der Waals surface area contributed by atoms with Crippen molar-refractivity contribution in [3.05, 3.63) is 27.8 Å².